The molecule has 0 unspecified atom stereocenters. The van der Waals surface area contributed by atoms with Gasteiger partial charge in [0, 0.05) is 18.3 Å². The lowest BCUT2D eigenvalue weighted by Crippen LogP contribution is -2.63. The van der Waals surface area contributed by atoms with Crippen molar-refractivity contribution in [1.82, 2.24) is 57.8 Å². The number of imidazole rings is 1. The number of nitrogens with two attached hydrogens (primary N) is 4. The molecule has 1 rings (SSSR count). The van der Waals surface area contributed by atoms with Crippen LogP contribution in [0.3, 0.4) is 0 Å². The number of hydrogen-bond acceptors (Lipinski definition) is 17. The smallest absolute Gasteiger partial charge is 0.326 e. The number of aliphatic hydroxyl groups is 1. The van der Waals surface area contributed by atoms with Gasteiger partial charge in [0.15, 0.2) is 0 Å². The SMILES string of the molecule is CC[C@H](C)[C@H](NC(=O)[C@@H](N)CCCCN)C(=O)N[C@H](C(=O)N[C@@H](CC(N)=O)C(=O)N[C@H](C(=O)N[C@@H](CCCCN)C(=O)N[C@H](C(=O)N[C@@H](Cc1cnc[nH]1)C(=O)NCC(=O)N[C@@H](CCSC)C(=O)O)C(C)C)C(C)C)[C@@H](C)O. The summed E-state index contributed by atoms with van der Waals surface area (Å²) in [5.74, 6) is -11.4. The molecule has 78 heavy (non-hydrogen) atoms. The van der Waals surface area contributed by atoms with Gasteiger partial charge in [-0.1, -0.05) is 54.4 Å². The average molecular weight is 1130 g/mol. The lowest BCUT2D eigenvalue weighted by molar-refractivity contribution is -0.141. The lowest BCUT2D eigenvalue weighted by Gasteiger charge is -2.30. The van der Waals surface area contributed by atoms with Crippen LogP contribution in [0.4, 0.5) is 0 Å². The first-order valence-corrected chi connectivity index (χ1v) is 27.6. The van der Waals surface area contributed by atoms with Crippen LogP contribution in [0.25, 0.3) is 0 Å². The number of carbonyl (C=O) groups excluding carboxylic acids is 10. The van der Waals surface area contributed by atoms with E-state index in [0.29, 0.717) is 56.5 Å². The van der Waals surface area contributed by atoms with E-state index in [1.54, 1.807) is 47.8 Å². The summed E-state index contributed by atoms with van der Waals surface area (Å²) in [6.45, 7) is 11.0. The number of aromatic amines is 1. The van der Waals surface area contributed by atoms with Gasteiger partial charge in [-0.25, -0.2) is 9.78 Å². The third-order valence-corrected chi connectivity index (χ3v) is 13.2. The van der Waals surface area contributed by atoms with Crippen molar-refractivity contribution < 1.29 is 63.0 Å². The number of unbranched alkanes of at least 4 members (excludes halogenated alkanes) is 2. The number of aromatic nitrogens is 2. The summed E-state index contributed by atoms with van der Waals surface area (Å²) in [4.78, 5) is 154. The second-order valence-electron chi connectivity index (χ2n) is 19.8. The Hall–Kier alpha value is -6.43. The number of rotatable bonds is 39. The Kier molecular flexibility index (Phi) is 32.7. The summed E-state index contributed by atoms with van der Waals surface area (Å²) in [7, 11) is 0. The summed E-state index contributed by atoms with van der Waals surface area (Å²) in [6, 6.07) is -12.3. The van der Waals surface area contributed by atoms with E-state index >= 15 is 0 Å². The van der Waals surface area contributed by atoms with Crippen LogP contribution in [0.1, 0.15) is 112 Å². The maximum atomic E-state index is 14.2. The molecule has 1 aromatic heterocycles. The molecular formula is C49H87N15O13S. The Morgan fingerprint density at radius 2 is 1.12 bits per heavy atom. The Morgan fingerprint density at radius 1 is 0.615 bits per heavy atom. The van der Waals surface area contributed by atoms with Crippen molar-refractivity contribution in [1.29, 1.82) is 0 Å². The Balaban J connectivity index is 3.37. The molecule has 442 valence electrons. The predicted octanol–water partition coefficient (Wildman–Crippen LogP) is -4.02. The van der Waals surface area contributed by atoms with Gasteiger partial charge in [-0.3, -0.25) is 47.9 Å². The molecule has 0 aromatic carbocycles. The minimum absolute atomic E-state index is 0.00286. The molecule has 0 fully saturated rings. The van der Waals surface area contributed by atoms with Crippen molar-refractivity contribution >= 4 is 76.8 Å². The molecule has 0 aliphatic rings. The largest absolute Gasteiger partial charge is 0.480 e. The van der Waals surface area contributed by atoms with Gasteiger partial charge in [0.2, 0.25) is 59.1 Å². The van der Waals surface area contributed by atoms with Crippen molar-refractivity contribution in [2.75, 3.05) is 31.6 Å². The van der Waals surface area contributed by atoms with E-state index in [2.05, 4.69) is 57.8 Å². The van der Waals surface area contributed by atoms with Gasteiger partial charge in [-0.15, -0.1) is 0 Å². The third-order valence-electron chi connectivity index (χ3n) is 12.6. The van der Waals surface area contributed by atoms with Crippen LogP contribution in [-0.2, 0) is 59.2 Å². The van der Waals surface area contributed by atoms with Crippen molar-refractivity contribution in [3.8, 4) is 0 Å². The summed E-state index contributed by atoms with van der Waals surface area (Å²) >= 11 is 1.39. The molecule has 0 spiro atoms. The number of carboxylic acids is 1. The fraction of sp³-hybridized carbons (Fsp3) is 0.714. The van der Waals surface area contributed by atoms with E-state index in [0.717, 1.165) is 0 Å². The number of amides is 10. The fourth-order valence-electron chi connectivity index (χ4n) is 7.64. The van der Waals surface area contributed by atoms with Crippen LogP contribution < -0.4 is 70.8 Å². The minimum Gasteiger partial charge on any atom is -0.480 e. The van der Waals surface area contributed by atoms with Gasteiger partial charge in [0.25, 0.3) is 0 Å². The van der Waals surface area contributed by atoms with Crippen LogP contribution in [-0.4, -0.2) is 177 Å². The standard InChI is InChI=1S/C49H87N15O13S/c1-9-27(6)39(63-41(68)30(52)14-10-12-17-50)47(74)64-40(28(7)65)48(75)60-34(21-35(53)66)44(71)62-37(25(2)3)45(72)58-31(15-11-13-18-51)43(70)61-38(26(4)5)46(73)59-33(20-29-22-54-24-56-29)42(69)55-23-36(67)57-32(49(76)77)16-19-78-8/h22,24-28,30-34,37-40,65H,9-21,23,50-52H2,1-8H3,(H2,53,66)(H,54,56)(H,55,69)(H,57,67)(H,58,72)(H,59,73)(H,60,75)(H,61,70)(H,62,71)(H,63,68)(H,64,74)(H,76,77)/t27-,28+,30-,31-,32-,33-,34-,37-,38-,39-,40-/m0/s1. The molecule has 29 heteroatoms. The van der Waals surface area contributed by atoms with Crippen molar-refractivity contribution in [3.05, 3.63) is 18.2 Å². The van der Waals surface area contributed by atoms with Crippen molar-refractivity contribution in [2.24, 2.45) is 40.7 Å². The number of nitrogens with one attached hydrogen (secondary N) is 10. The normalized spacial score (nSPS) is 15.5. The molecule has 28 nitrogen and oxygen atoms in total. The first kappa shape index (κ1) is 69.6. The fourth-order valence-corrected chi connectivity index (χ4v) is 8.11. The van der Waals surface area contributed by atoms with Crippen LogP contribution in [0.2, 0.25) is 0 Å². The second-order valence-corrected chi connectivity index (χ2v) is 20.8. The third kappa shape index (κ3) is 25.4. The zero-order valence-electron chi connectivity index (χ0n) is 46.1. The Morgan fingerprint density at radius 3 is 1.60 bits per heavy atom. The predicted molar refractivity (Wildman–Crippen MR) is 290 cm³/mol. The molecule has 0 bridgehead atoms. The molecule has 1 heterocycles. The number of aliphatic carboxylic acids is 1. The molecule has 1 aromatic rings. The van der Waals surface area contributed by atoms with Gasteiger partial charge < -0.3 is 86.0 Å². The molecule has 10 amide bonds. The van der Waals surface area contributed by atoms with Gasteiger partial charge in [0.1, 0.15) is 48.3 Å². The molecular weight excluding hydrogens is 1040 g/mol. The number of carbonyl (C=O) groups is 11. The highest BCUT2D eigenvalue weighted by Gasteiger charge is 2.38. The number of nitrogens with zero attached hydrogens (tertiary/aromatic N) is 1. The highest BCUT2D eigenvalue weighted by molar-refractivity contribution is 7.98. The van der Waals surface area contributed by atoms with Crippen LogP contribution in [0.15, 0.2) is 12.5 Å². The Bertz CT molecular complexity index is 2120. The first-order chi connectivity index (χ1) is 36.7. The topological polar surface area (TPSA) is 469 Å². The first-order valence-electron chi connectivity index (χ1n) is 26.2. The molecule has 11 atom stereocenters. The zero-order valence-corrected chi connectivity index (χ0v) is 46.9. The van der Waals surface area contributed by atoms with Gasteiger partial charge in [-0.05, 0) is 88.3 Å². The summed E-state index contributed by atoms with van der Waals surface area (Å²) in [5, 5.41) is 42.8. The number of primary amides is 1. The van der Waals surface area contributed by atoms with E-state index in [-0.39, 0.29) is 25.8 Å². The number of hydrogen-bond donors (Lipinski definition) is 16. The second kappa shape index (κ2) is 36.6. The van der Waals surface area contributed by atoms with Gasteiger partial charge in [-0.2, -0.15) is 11.8 Å². The molecule has 0 saturated carbocycles. The number of aliphatic hydroxyl groups excluding tert-OH is 1. The van der Waals surface area contributed by atoms with Gasteiger partial charge in [0.05, 0.1) is 31.4 Å². The zero-order chi connectivity index (χ0) is 59.2. The molecule has 0 aliphatic carbocycles. The average Bonchev–Trinajstić information content (AvgIpc) is 3.89. The van der Waals surface area contributed by atoms with E-state index in [9.17, 15) is 63.0 Å². The monoisotopic (exact) mass is 1130 g/mol. The quantitative estimate of drug-likeness (QED) is 0.0279. The van der Waals surface area contributed by atoms with Crippen LogP contribution in [0.5, 0.6) is 0 Å². The maximum Gasteiger partial charge on any atom is 0.326 e. The molecule has 0 saturated heterocycles. The van der Waals surface area contributed by atoms with Gasteiger partial charge >= 0.3 is 5.97 Å². The summed E-state index contributed by atoms with van der Waals surface area (Å²) < 4.78 is 0. The Labute approximate surface area is 459 Å². The molecule has 0 aliphatic heterocycles. The van der Waals surface area contributed by atoms with Crippen LogP contribution >= 0.6 is 11.8 Å². The number of thioether (sulfide) groups is 1. The minimum atomic E-state index is -1.76. The maximum absolute atomic E-state index is 14.2. The summed E-state index contributed by atoms with van der Waals surface area (Å²) in [6.07, 6.45) is 4.81. The molecule has 0 radical (unpaired) electrons. The van der Waals surface area contributed by atoms with E-state index in [4.69, 9.17) is 22.9 Å². The van der Waals surface area contributed by atoms with Crippen LogP contribution in [0, 0.1) is 17.8 Å². The van der Waals surface area contributed by atoms with E-state index < -0.39 is 156 Å². The number of H-pyrrole nitrogens is 1. The van der Waals surface area contributed by atoms with E-state index in [1.165, 1.54) is 31.2 Å². The molecule has 20 N–H and O–H groups in total. The lowest BCUT2D eigenvalue weighted by atomic mass is 9.96. The van der Waals surface area contributed by atoms with Crippen molar-refractivity contribution in [2.45, 2.75) is 173 Å². The van der Waals surface area contributed by atoms with Crippen molar-refractivity contribution in [3.63, 3.8) is 0 Å². The summed E-state index contributed by atoms with van der Waals surface area (Å²) in [5.41, 5.74) is 23.2. The van der Waals surface area contributed by atoms with E-state index in [1.807, 2.05) is 0 Å². The highest BCUT2D eigenvalue weighted by Crippen LogP contribution is 2.13. The number of carboxylic acid groups (broad SMARTS) is 1. The highest BCUT2D eigenvalue weighted by atomic mass is 32.2.